The van der Waals surface area contributed by atoms with Crippen molar-refractivity contribution in [1.82, 2.24) is 0 Å². The zero-order chi connectivity index (χ0) is 14.7. The highest BCUT2D eigenvalue weighted by Crippen LogP contribution is 2.21. The Morgan fingerprint density at radius 3 is 2.35 bits per heavy atom. The number of hydrogen-bond acceptors (Lipinski definition) is 7. The van der Waals surface area contributed by atoms with E-state index in [9.17, 15) is 25.2 Å². The van der Waals surface area contributed by atoms with Crippen LogP contribution in [0.5, 0.6) is 0 Å². The van der Waals surface area contributed by atoms with Gasteiger partial charge in [0.1, 0.15) is 24.9 Å². The number of carbonyl (C=O) groups is 1. The summed E-state index contributed by atoms with van der Waals surface area (Å²) in [6.07, 6.45) is -8.34. The number of hydrogen-bond donors (Lipinski definition) is 4. The summed E-state index contributed by atoms with van der Waals surface area (Å²) in [5.74, 6) is -0.925. The van der Waals surface area contributed by atoms with Gasteiger partial charge in [0.05, 0.1) is 0 Å². The van der Waals surface area contributed by atoms with E-state index in [0.29, 0.717) is 0 Å². The number of aliphatic hydroxyl groups is 4. The molecule has 1 aromatic rings. The molecule has 0 amide bonds. The van der Waals surface area contributed by atoms with Crippen molar-refractivity contribution in [2.24, 2.45) is 0 Å². The van der Waals surface area contributed by atoms with Crippen LogP contribution in [0.4, 0.5) is 0 Å². The van der Waals surface area contributed by atoms with Crippen LogP contribution < -0.4 is 0 Å². The summed E-state index contributed by atoms with van der Waals surface area (Å²) < 4.78 is 9.69. The van der Waals surface area contributed by atoms with Crippen LogP contribution in [0, 0.1) is 0 Å². The molecule has 4 N–H and O–H groups in total. The van der Waals surface area contributed by atoms with Crippen LogP contribution in [0.2, 0.25) is 0 Å². The van der Waals surface area contributed by atoms with E-state index in [0.717, 1.165) is 5.56 Å². The van der Waals surface area contributed by atoms with Gasteiger partial charge in [-0.25, -0.2) is 4.79 Å². The highest BCUT2D eigenvalue weighted by molar-refractivity contribution is 5.75. The fourth-order valence-electron chi connectivity index (χ4n) is 1.87. The van der Waals surface area contributed by atoms with Gasteiger partial charge >= 0.3 is 5.97 Å². The number of esters is 1. The molecule has 5 atom stereocenters. The molecule has 2 rings (SSSR count). The molecule has 1 fully saturated rings. The van der Waals surface area contributed by atoms with E-state index in [4.69, 9.17) is 9.47 Å². The van der Waals surface area contributed by atoms with Gasteiger partial charge in [0.25, 0.3) is 0 Å². The van der Waals surface area contributed by atoms with Crippen molar-refractivity contribution in [1.29, 1.82) is 0 Å². The summed E-state index contributed by atoms with van der Waals surface area (Å²) in [6.45, 7) is -0.0268. The van der Waals surface area contributed by atoms with Crippen molar-refractivity contribution >= 4 is 5.97 Å². The molecule has 1 aliphatic heterocycles. The Morgan fingerprint density at radius 1 is 1.05 bits per heavy atom. The smallest absolute Gasteiger partial charge is 0.338 e. The molecule has 1 aromatic carbocycles. The molecule has 0 aromatic heterocycles. The van der Waals surface area contributed by atoms with Crippen LogP contribution in [0.3, 0.4) is 0 Å². The van der Waals surface area contributed by atoms with Gasteiger partial charge in [-0.1, -0.05) is 30.3 Å². The third-order valence-corrected chi connectivity index (χ3v) is 3.04. The van der Waals surface area contributed by atoms with Crippen molar-refractivity contribution in [3.63, 3.8) is 0 Å². The fraction of sp³-hybridized carbons (Fsp3) is 0.462. The molecule has 3 unspecified atom stereocenters. The predicted octanol–water partition coefficient (Wildman–Crippen LogP) is -1.47. The summed E-state index contributed by atoms with van der Waals surface area (Å²) in [7, 11) is 0. The number of ether oxygens (including phenoxy) is 2. The Labute approximate surface area is 115 Å². The lowest BCUT2D eigenvalue weighted by Gasteiger charge is -2.36. The Bertz CT molecular complexity index is 449. The van der Waals surface area contributed by atoms with E-state index >= 15 is 0 Å². The summed E-state index contributed by atoms with van der Waals surface area (Å²) in [5.41, 5.74) is 0.743. The molecule has 1 heterocycles. The van der Waals surface area contributed by atoms with Gasteiger partial charge in [0.2, 0.25) is 0 Å². The molecule has 0 radical (unpaired) electrons. The average molecular weight is 290 g/mol. The van der Waals surface area contributed by atoms with E-state index in [-0.39, 0.29) is 6.61 Å². The molecule has 0 spiro atoms. The molecular weight excluding hydrogens is 274 g/mol. The van der Waals surface area contributed by atoms with Crippen LogP contribution in [-0.4, -0.2) is 57.1 Å². The lowest BCUT2D eigenvalue weighted by Crippen LogP contribution is -2.59. The topological polar surface area (TPSA) is 116 Å². The van der Waals surface area contributed by atoms with Crippen molar-refractivity contribution in [3.05, 3.63) is 35.9 Å². The van der Waals surface area contributed by atoms with Crippen LogP contribution in [0.1, 0.15) is 5.56 Å². The maximum atomic E-state index is 11.8. The second-order valence-corrected chi connectivity index (χ2v) is 4.51. The summed E-state index contributed by atoms with van der Waals surface area (Å²) in [6, 6.07) is 8.86. The normalized spacial score (nSPS) is 33.7. The first-order valence-corrected chi connectivity index (χ1v) is 6.09. The van der Waals surface area contributed by atoms with Gasteiger partial charge in [-0.15, -0.1) is 0 Å². The first-order valence-electron chi connectivity index (χ1n) is 6.09. The standard InChI is InChI=1S/C13H16O7/c14-8-9(15)11(20-12(17)10(8)16)13(18)19-6-7-4-2-1-3-5-7/h1-5,8-12,14-17H,6H2/t8-,9-,10?,11?,12?/m0/s1/i8+1,9+1,10+1,11+1,12+1,13+1. The molecule has 0 bridgehead atoms. The minimum absolute atomic E-state index is 0.0268. The van der Waals surface area contributed by atoms with Gasteiger partial charge in [0.15, 0.2) is 12.4 Å². The highest BCUT2D eigenvalue weighted by atomic mass is 16.8. The van der Waals surface area contributed by atoms with Crippen molar-refractivity contribution in [3.8, 4) is 0 Å². The number of aliphatic hydroxyl groups excluding tert-OH is 4. The zero-order valence-corrected chi connectivity index (χ0v) is 10.5. The number of rotatable bonds is 3. The lowest BCUT2D eigenvalue weighted by molar-refractivity contribution is -0.281. The van der Waals surface area contributed by atoms with E-state index in [2.05, 4.69) is 0 Å². The van der Waals surface area contributed by atoms with Gasteiger partial charge < -0.3 is 29.9 Å². The quantitative estimate of drug-likeness (QED) is 0.396. The Kier molecular flexibility index (Phi) is 4.69. The van der Waals surface area contributed by atoms with Gasteiger partial charge in [-0.3, -0.25) is 0 Å². The average Bonchev–Trinajstić information content (AvgIpc) is 2.47. The third kappa shape index (κ3) is 3.14. The Hall–Kier alpha value is -1.51. The van der Waals surface area contributed by atoms with Gasteiger partial charge in [-0.05, 0) is 5.56 Å². The van der Waals surface area contributed by atoms with E-state index < -0.39 is 36.7 Å². The fourth-order valence-corrected chi connectivity index (χ4v) is 1.87. The van der Waals surface area contributed by atoms with Gasteiger partial charge in [0, 0.05) is 0 Å². The van der Waals surface area contributed by atoms with Gasteiger partial charge in [-0.2, -0.15) is 0 Å². The molecule has 20 heavy (non-hydrogen) atoms. The molecular formula is C13H16O7. The minimum Gasteiger partial charge on any atom is -0.459 e. The maximum Gasteiger partial charge on any atom is 0.338 e. The first kappa shape index (κ1) is 14.9. The molecule has 1 saturated heterocycles. The Balaban J connectivity index is 1.95. The van der Waals surface area contributed by atoms with E-state index in [1.807, 2.05) is 6.07 Å². The molecule has 110 valence electrons. The second kappa shape index (κ2) is 6.29. The SMILES string of the molecule is O=[13C](OCc1ccccc1)[13CH]1O[13CH](O)[13CH](O)[13C@@H](O)[13C@@H]1O. The Morgan fingerprint density at radius 2 is 1.70 bits per heavy atom. The molecule has 1 aliphatic rings. The van der Waals surface area contributed by atoms with Crippen LogP contribution in [0.25, 0.3) is 0 Å². The van der Waals surface area contributed by atoms with Crippen molar-refractivity contribution in [2.75, 3.05) is 0 Å². The summed E-state index contributed by atoms with van der Waals surface area (Å²) >= 11 is 0. The molecule has 0 saturated carbocycles. The zero-order valence-electron chi connectivity index (χ0n) is 10.5. The number of carbonyl (C=O) groups excluding carboxylic acids is 1. The van der Waals surface area contributed by atoms with Crippen LogP contribution in [-0.2, 0) is 20.9 Å². The summed E-state index contributed by atoms with van der Waals surface area (Å²) in [5, 5.41) is 37.7. The lowest BCUT2D eigenvalue weighted by atomic mass is 10.2. The monoisotopic (exact) mass is 290 g/mol. The predicted molar refractivity (Wildman–Crippen MR) is 65.1 cm³/mol. The van der Waals surface area contributed by atoms with Crippen molar-refractivity contribution in [2.45, 2.75) is 37.3 Å². The highest BCUT2D eigenvalue weighted by Gasteiger charge is 2.46. The minimum atomic E-state index is -1.76. The molecule has 7 nitrogen and oxygen atoms in total. The maximum absolute atomic E-state index is 11.8. The first-order chi connectivity index (χ1) is 9.50. The molecule has 0 aliphatic carbocycles. The van der Waals surface area contributed by atoms with E-state index in [1.165, 1.54) is 0 Å². The third-order valence-electron chi connectivity index (χ3n) is 3.04. The molecule has 7 heteroatoms. The van der Waals surface area contributed by atoms with Crippen LogP contribution >= 0.6 is 0 Å². The number of benzene rings is 1. The van der Waals surface area contributed by atoms with E-state index in [1.54, 1.807) is 24.3 Å². The second-order valence-electron chi connectivity index (χ2n) is 4.51. The largest absolute Gasteiger partial charge is 0.459 e. The summed E-state index contributed by atoms with van der Waals surface area (Å²) in [4.78, 5) is 11.8. The van der Waals surface area contributed by atoms with Crippen molar-refractivity contribution < 1.29 is 34.7 Å². The van der Waals surface area contributed by atoms with Crippen LogP contribution in [0.15, 0.2) is 30.3 Å².